The second kappa shape index (κ2) is 4.29. The summed E-state index contributed by atoms with van der Waals surface area (Å²) in [6.45, 7) is 3.84. The molecule has 2 heterocycles. The van der Waals surface area contributed by atoms with E-state index < -0.39 is 0 Å². The van der Waals surface area contributed by atoms with Crippen molar-refractivity contribution in [3.05, 3.63) is 17.7 Å². The number of rotatable bonds is 3. The number of hydrogen-bond donors (Lipinski definition) is 0. The van der Waals surface area contributed by atoms with Crippen LogP contribution in [0.25, 0.3) is 5.78 Å². The summed E-state index contributed by atoms with van der Waals surface area (Å²) < 4.78 is 7.15. The molecule has 0 radical (unpaired) electrons. The van der Waals surface area contributed by atoms with Crippen LogP contribution in [0, 0.1) is 6.92 Å². The first-order valence-corrected chi connectivity index (χ1v) is 5.47. The number of methoxy groups -OCH3 is 1. The lowest BCUT2D eigenvalue weighted by Crippen LogP contribution is -2.17. The molecule has 0 bridgehead atoms. The smallest absolute Gasteiger partial charge is 0.252 e. The standard InChI is InChI=1S/C11H17N5O/c1-7(17-5)10-9(15(3)4)6-12-11-13-8(2)14-16(10)11/h6-7H,1-5H3/t7-/m1/s1. The van der Waals surface area contributed by atoms with Crippen molar-refractivity contribution in [1.82, 2.24) is 19.6 Å². The largest absolute Gasteiger partial charge is 0.375 e. The van der Waals surface area contributed by atoms with Gasteiger partial charge in [-0.15, -0.1) is 5.10 Å². The summed E-state index contributed by atoms with van der Waals surface area (Å²) in [5.41, 5.74) is 1.94. The zero-order valence-electron chi connectivity index (χ0n) is 10.8. The fourth-order valence-electron chi connectivity index (χ4n) is 1.78. The van der Waals surface area contributed by atoms with Gasteiger partial charge in [-0.3, -0.25) is 0 Å². The molecule has 0 aliphatic carbocycles. The van der Waals surface area contributed by atoms with Gasteiger partial charge in [0.2, 0.25) is 0 Å². The van der Waals surface area contributed by atoms with E-state index in [9.17, 15) is 0 Å². The number of aromatic nitrogens is 4. The summed E-state index contributed by atoms with van der Waals surface area (Å²) in [6.07, 6.45) is 1.73. The van der Waals surface area contributed by atoms with Gasteiger partial charge in [0.25, 0.3) is 5.78 Å². The Hall–Kier alpha value is -1.69. The number of nitrogens with zero attached hydrogens (tertiary/aromatic N) is 5. The van der Waals surface area contributed by atoms with Crippen molar-refractivity contribution in [3.8, 4) is 0 Å². The van der Waals surface area contributed by atoms with Crippen LogP contribution in [0.15, 0.2) is 6.20 Å². The van der Waals surface area contributed by atoms with E-state index in [1.54, 1.807) is 17.8 Å². The van der Waals surface area contributed by atoms with E-state index in [2.05, 4.69) is 15.1 Å². The Morgan fingerprint density at radius 1 is 1.41 bits per heavy atom. The summed E-state index contributed by atoms with van der Waals surface area (Å²) in [4.78, 5) is 10.5. The number of hydrogen-bond acceptors (Lipinski definition) is 5. The molecular formula is C11H17N5O. The summed E-state index contributed by atoms with van der Waals surface area (Å²) in [5.74, 6) is 1.31. The van der Waals surface area contributed by atoms with Crippen LogP contribution in [0.5, 0.6) is 0 Å². The molecule has 0 spiro atoms. The third-order valence-corrected chi connectivity index (χ3v) is 2.71. The van der Waals surface area contributed by atoms with Gasteiger partial charge in [0.15, 0.2) is 0 Å². The topological polar surface area (TPSA) is 55.5 Å². The van der Waals surface area contributed by atoms with Crippen LogP contribution in [0.2, 0.25) is 0 Å². The van der Waals surface area contributed by atoms with E-state index in [1.165, 1.54) is 0 Å². The van der Waals surface area contributed by atoms with Gasteiger partial charge in [-0.1, -0.05) is 0 Å². The van der Waals surface area contributed by atoms with Crippen molar-refractivity contribution in [2.24, 2.45) is 0 Å². The maximum atomic E-state index is 5.40. The minimum absolute atomic E-state index is 0.0704. The molecule has 0 saturated heterocycles. The van der Waals surface area contributed by atoms with Crippen LogP contribution in [0.3, 0.4) is 0 Å². The molecule has 92 valence electrons. The SMILES string of the molecule is CO[C@H](C)c1c(N(C)C)cnc2nc(C)nn12. The lowest BCUT2D eigenvalue weighted by molar-refractivity contribution is 0.114. The molecule has 0 amide bonds. The Morgan fingerprint density at radius 2 is 2.12 bits per heavy atom. The highest BCUT2D eigenvalue weighted by Gasteiger charge is 2.18. The Balaban J connectivity index is 2.74. The second-order valence-corrected chi connectivity index (χ2v) is 4.17. The number of aryl methyl sites for hydroxylation is 1. The first-order valence-electron chi connectivity index (χ1n) is 5.47. The summed E-state index contributed by atoms with van der Waals surface area (Å²) in [7, 11) is 5.62. The van der Waals surface area contributed by atoms with Gasteiger partial charge in [-0.2, -0.15) is 9.50 Å². The lowest BCUT2D eigenvalue weighted by Gasteiger charge is -2.20. The van der Waals surface area contributed by atoms with Crippen molar-refractivity contribution >= 4 is 11.5 Å². The molecule has 2 aromatic heterocycles. The molecule has 0 aliphatic heterocycles. The van der Waals surface area contributed by atoms with Crippen LogP contribution in [-0.2, 0) is 4.74 Å². The predicted octanol–water partition coefficient (Wildman–Crippen LogP) is 1.21. The van der Waals surface area contributed by atoms with Crippen LogP contribution in [0.4, 0.5) is 5.69 Å². The molecule has 0 aliphatic rings. The number of anilines is 1. The van der Waals surface area contributed by atoms with Crippen molar-refractivity contribution in [3.63, 3.8) is 0 Å². The van der Waals surface area contributed by atoms with Crippen LogP contribution >= 0.6 is 0 Å². The zero-order valence-corrected chi connectivity index (χ0v) is 10.8. The molecule has 6 nitrogen and oxygen atoms in total. The van der Waals surface area contributed by atoms with Crippen molar-refractivity contribution in [2.75, 3.05) is 26.1 Å². The number of ether oxygens (including phenoxy) is 1. The average Bonchev–Trinajstić information content (AvgIpc) is 2.66. The van der Waals surface area contributed by atoms with Crippen LogP contribution in [-0.4, -0.2) is 40.8 Å². The molecule has 0 N–H and O–H groups in total. The van der Waals surface area contributed by atoms with Gasteiger partial charge in [0.05, 0.1) is 23.7 Å². The Kier molecular flexibility index (Phi) is 2.97. The zero-order chi connectivity index (χ0) is 12.6. The minimum Gasteiger partial charge on any atom is -0.375 e. The van der Waals surface area contributed by atoms with Crippen LogP contribution < -0.4 is 4.90 Å². The quantitative estimate of drug-likeness (QED) is 0.800. The molecular weight excluding hydrogens is 218 g/mol. The van der Waals surface area contributed by atoms with Crippen molar-refractivity contribution in [2.45, 2.75) is 20.0 Å². The van der Waals surface area contributed by atoms with E-state index in [1.807, 2.05) is 32.8 Å². The Labute approximate surface area is 100 Å². The fourth-order valence-corrected chi connectivity index (χ4v) is 1.78. The third-order valence-electron chi connectivity index (χ3n) is 2.71. The normalized spacial score (nSPS) is 13.0. The van der Waals surface area contributed by atoms with Gasteiger partial charge < -0.3 is 9.64 Å². The van der Waals surface area contributed by atoms with Crippen molar-refractivity contribution in [1.29, 1.82) is 0 Å². The molecule has 1 atom stereocenters. The molecule has 0 unspecified atom stereocenters. The molecule has 2 aromatic rings. The second-order valence-electron chi connectivity index (χ2n) is 4.17. The maximum absolute atomic E-state index is 5.40. The van der Waals surface area contributed by atoms with E-state index in [0.717, 1.165) is 11.4 Å². The van der Waals surface area contributed by atoms with Gasteiger partial charge in [-0.05, 0) is 13.8 Å². The minimum atomic E-state index is -0.0704. The molecule has 0 aromatic carbocycles. The Morgan fingerprint density at radius 3 is 2.71 bits per heavy atom. The summed E-state index contributed by atoms with van der Waals surface area (Å²) >= 11 is 0. The molecule has 0 saturated carbocycles. The van der Waals surface area contributed by atoms with Crippen molar-refractivity contribution < 1.29 is 4.74 Å². The van der Waals surface area contributed by atoms with Gasteiger partial charge in [-0.25, -0.2) is 4.98 Å². The van der Waals surface area contributed by atoms with E-state index in [-0.39, 0.29) is 6.10 Å². The van der Waals surface area contributed by atoms with E-state index in [0.29, 0.717) is 11.6 Å². The van der Waals surface area contributed by atoms with Crippen LogP contribution in [0.1, 0.15) is 24.5 Å². The average molecular weight is 235 g/mol. The maximum Gasteiger partial charge on any atom is 0.252 e. The van der Waals surface area contributed by atoms with E-state index >= 15 is 0 Å². The first kappa shape index (κ1) is 11.8. The molecule has 0 fully saturated rings. The van der Waals surface area contributed by atoms with Gasteiger partial charge in [0, 0.05) is 21.2 Å². The van der Waals surface area contributed by atoms with Gasteiger partial charge in [0.1, 0.15) is 5.82 Å². The molecule has 6 heteroatoms. The summed E-state index contributed by atoms with van der Waals surface area (Å²) in [5, 5.41) is 4.36. The third kappa shape index (κ3) is 1.95. The van der Waals surface area contributed by atoms with Gasteiger partial charge >= 0.3 is 0 Å². The molecule has 2 rings (SSSR count). The predicted molar refractivity (Wildman–Crippen MR) is 65.3 cm³/mol. The highest BCUT2D eigenvalue weighted by atomic mass is 16.5. The van der Waals surface area contributed by atoms with E-state index in [4.69, 9.17) is 4.74 Å². The highest BCUT2D eigenvalue weighted by Crippen LogP contribution is 2.26. The summed E-state index contributed by atoms with van der Waals surface area (Å²) in [6, 6.07) is 0. The highest BCUT2D eigenvalue weighted by molar-refractivity contribution is 5.52. The molecule has 17 heavy (non-hydrogen) atoms. The Bertz CT molecular complexity index is 534. The number of fused-ring (bicyclic) bond motifs is 1. The fraction of sp³-hybridized carbons (Fsp3) is 0.545. The lowest BCUT2D eigenvalue weighted by atomic mass is 10.2. The first-order chi connectivity index (χ1) is 8.04. The monoisotopic (exact) mass is 235 g/mol.